The molecule has 28 heavy (non-hydrogen) atoms. The molecule has 0 unspecified atom stereocenters. The van der Waals surface area contributed by atoms with Gasteiger partial charge < -0.3 is 15.5 Å². The molecule has 0 amide bonds. The van der Waals surface area contributed by atoms with Gasteiger partial charge in [-0.05, 0) is 43.2 Å². The van der Waals surface area contributed by atoms with Crippen molar-refractivity contribution < 1.29 is 8.42 Å². The van der Waals surface area contributed by atoms with Gasteiger partial charge >= 0.3 is 0 Å². The molecule has 8 heteroatoms. The second-order valence-corrected chi connectivity index (χ2v) is 8.79. The SMILES string of the molecule is CCNC(=NCc1ccc(S(C)(=O)=O)c(C)c1)NCc1cccc(N(C)C)n1. The molecule has 1 aromatic carbocycles. The summed E-state index contributed by atoms with van der Waals surface area (Å²) in [6, 6.07) is 11.2. The van der Waals surface area contributed by atoms with Crippen molar-refractivity contribution in [1.29, 1.82) is 0 Å². The summed E-state index contributed by atoms with van der Waals surface area (Å²) in [7, 11) is 0.711. The van der Waals surface area contributed by atoms with Gasteiger partial charge in [0, 0.05) is 26.9 Å². The fraction of sp³-hybridized carbons (Fsp3) is 0.400. The third kappa shape index (κ3) is 6.23. The van der Waals surface area contributed by atoms with E-state index in [1.165, 1.54) is 6.26 Å². The summed E-state index contributed by atoms with van der Waals surface area (Å²) in [4.78, 5) is 11.5. The number of nitrogens with zero attached hydrogens (tertiary/aromatic N) is 3. The molecule has 0 spiro atoms. The van der Waals surface area contributed by atoms with E-state index in [4.69, 9.17) is 0 Å². The van der Waals surface area contributed by atoms with Crippen molar-refractivity contribution in [2.75, 3.05) is 31.8 Å². The summed E-state index contributed by atoms with van der Waals surface area (Å²) >= 11 is 0. The van der Waals surface area contributed by atoms with Crippen LogP contribution in [0, 0.1) is 6.92 Å². The maximum absolute atomic E-state index is 11.7. The predicted molar refractivity (Wildman–Crippen MR) is 115 cm³/mol. The molecule has 0 radical (unpaired) electrons. The van der Waals surface area contributed by atoms with Gasteiger partial charge in [0.05, 0.1) is 23.7 Å². The van der Waals surface area contributed by atoms with Crippen LogP contribution < -0.4 is 15.5 Å². The number of hydrogen-bond donors (Lipinski definition) is 2. The number of anilines is 1. The lowest BCUT2D eigenvalue weighted by Gasteiger charge is -2.14. The topological polar surface area (TPSA) is 86.7 Å². The number of sulfone groups is 1. The average Bonchev–Trinajstić information content (AvgIpc) is 2.63. The molecule has 0 atom stereocenters. The predicted octanol–water partition coefficient (Wildman–Crippen LogP) is 2.11. The molecule has 152 valence electrons. The second-order valence-electron chi connectivity index (χ2n) is 6.80. The van der Waals surface area contributed by atoms with Crippen molar-refractivity contribution in [2.45, 2.75) is 31.8 Å². The highest BCUT2D eigenvalue weighted by Crippen LogP contribution is 2.17. The van der Waals surface area contributed by atoms with Crippen LogP contribution in [0.25, 0.3) is 0 Å². The van der Waals surface area contributed by atoms with Gasteiger partial charge in [-0.25, -0.2) is 18.4 Å². The number of rotatable bonds is 7. The largest absolute Gasteiger partial charge is 0.363 e. The molecule has 1 aromatic heterocycles. The molecule has 0 aliphatic rings. The molecular formula is C20H29N5O2S. The first-order valence-corrected chi connectivity index (χ1v) is 11.0. The van der Waals surface area contributed by atoms with E-state index in [0.717, 1.165) is 29.2 Å². The van der Waals surface area contributed by atoms with Crippen LogP contribution in [0.15, 0.2) is 46.3 Å². The van der Waals surface area contributed by atoms with E-state index in [0.29, 0.717) is 23.9 Å². The minimum atomic E-state index is -3.21. The highest BCUT2D eigenvalue weighted by Gasteiger charge is 2.10. The van der Waals surface area contributed by atoms with Crippen LogP contribution in [0.2, 0.25) is 0 Å². The fourth-order valence-electron chi connectivity index (χ4n) is 2.73. The average molecular weight is 404 g/mol. The molecule has 2 aromatic rings. The summed E-state index contributed by atoms with van der Waals surface area (Å²) in [6.07, 6.45) is 1.22. The smallest absolute Gasteiger partial charge is 0.191 e. The summed E-state index contributed by atoms with van der Waals surface area (Å²) in [5, 5.41) is 6.50. The Bertz CT molecular complexity index is 939. The summed E-state index contributed by atoms with van der Waals surface area (Å²) < 4.78 is 23.5. The molecule has 2 rings (SSSR count). The van der Waals surface area contributed by atoms with Crippen LogP contribution in [0.5, 0.6) is 0 Å². The Hall–Kier alpha value is -2.61. The van der Waals surface area contributed by atoms with E-state index in [2.05, 4.69) is 20.6 Å². The van der Waals surface area contributed by atoms with E-state index in [1.807, 2.05) is 50.2 Å². The Kier molecular flexibility index (Phi) is 7.39. The zero-order valence-electron chi connectivity index (χ0n) is 17.2. The monoisotopic (exact) mass is 403 g/mol. The van der Waals surface area contributed by atoms with Gasteiger partial charge in [-0.1, -0.05) is 18.2 Å². The maximum atomic E-state index is 11.7. The summed E-state index contributed by atoms with van der Waals surface area (Å²) in [6.45, 7) is 5.55. The lowest BCUT2D eigenvalue weighted by molar-refractivity contribution is 0.601. The molecule has 0 fully saturated rings. The first-order chi connectivity index (χ1) is 13.2. The Balaban J connectivity index is 2.08. The van der Waals surface area contributed by atoms with Crippen LogP contribution in [0.4, 0.5) is 5.82 Å². The normalized spacial score (nSPS) is 12.0. The number of aromatic nitrogens is 1. The molecule has 1 heterocycles. The summed E-state index contributed by atoms with van der Waals surface area (Å²) in [5.74, 6) is 1.59. The molecule has 0 aliphatic carbocycles. The second kappa shape index (κ2) is 9.54. The van der Waals surface area contributed by atoms with Gasteiger partial charge in [-0.3, -0.25) is 0 Å². The number of guanidine groups is 1. The third-order valence-electron chi connectivity index (χ3n) is 4.09. The van der Waals surface area contributed by atoms with Crippen LogP contribution in [-0.4, -0.2) is 46.3 Å². The first-order valence-electron chi connectivity index (χ1n) is 9.15. The number of benzene rings is 1. The van der Waals surface area contributed by atoms with Crippen molar-refractivity contribution >= 4 is 21.6 Å². The standard InChI is InChI=1S/C20H29N5O2S/c1-6-21-20(23-14-17-8-7-9-19(24-17)25(3)4)22-13-16-10-11-18(15(2)12-16)28(5,26)27/h7-12H,6,13-14H2,1-5H3,(H2,21,22,23). The van der Waals surface area contributed by atoms with Crippen LogP contribution in [0.3, 0.4) is 0 Å². The Morgan fingerprint density at radius 3 is 2.54 bits per heavy atom. The number of aliphatic imine (C=N–C) groups is 1. The van der Waals surface area contributed by atoms with E-state index in [-0.39, 0.29) is 0 Å². The first kappa shape index (κ1) is 21.7. The number of hydrogen-bond acceptors (Lipinski definition) is 5. The lowest BCUT2D eigenvalue weighted by Crippen LogP contribution is -2.37. The molecular weight excluding hydrogens is 374 g/mol. The fourth-order valence-corrected chi connectivity index (χ4v) is 3.69. The molecule has 0 bridgehead atoms. The Morgan fingerprint density at radius 1 is 1.18 bits per heavy atom. The maximum Gasteiger partial charge on any atom is 0.191 e. The van der Waals surface area contributed by atoms with Crippen LogP contribution in [0.1, 0.15) is 23.7 Å². The van der Waals surface area contributed by atoms with Gasteiger partial charge in [0.25, 0.3) is 0 Å². The van der Waals surface area contributed by atoms with E-state index in [1.54, 1.807) is 19.1 Å². The van der Waals surface area contributed by atoms with Gasteiger partial charge in [0.15, 0.2) is 15.8 Å². The highest BCUT2D eigenvalue weighted by molar-refractivity contribution is 7.90. The lowest BCUT2D eigenvalue weighted by atomic mass is 10.1. The van der Waals surface area contributed by atoms with Crippen molar-refractivity contribution in [3.63, 3.8) is 0 Å². The zero-order chi connectivity index (χ0) is 20.7. The zero-order valence-corrected chi connectivity index (χ0v) is 18.0. The molecule has 2 N–H and O–H groups in total. The molecule has 0 saturated carbocycles. The van der Waals surface area contributed by atoms with Gasteiger partial charge in [0.2, 0.25) is 0 Å². The van der Waals surface area contributed by atoms with Crippen molar-refractivity contribution in [3.8, 4) is 0 Å². The van der Waals surface area contributed by atoms with E-state index >= 15 is 0 Å². The molecule has 0 saturated heterocycles. The Labute approximate surface area is 167 Å². The van der Waals surface area contributed by atoms with Gasteiger partial charge in [-0.2, -0.15) is 0 Å². The summed E-state index contributed by atoms with van der Waals surface area (Å²) in [5.41, 5.74) is 2.61. The van der Waals surface area contributed by atoms with Crippen molar-refractivity contribution in [1.82, 2.24) is 15.6 Å². The van der Waals surface area contributed by atoms with E-state index in [9.17, 15) is 8.42 Å². The number of aryl methyl sites for hydroxylation is 1. The minimum Gasteiger partial charge on any atom is -0.363 e. The Morgan fingerprint density at radius 2 is 1.93 bits per heavy atom. The third-order valence-corrected chi connectivity index (χ3v) is 5.35. The molecule has 0 aliphatic heterocycles. The van der Waals surface area contributed by atoms with Crippen LogP contribution in [-0.2, 0) is 22.9 Å². The van der Waals surface area contributed by atoms with Gasteiger partial charge in [-0.15, -0.1) is 0 Å². The van der Waals surface area contributed by atoms with Crippen molar-refractivity contribution in [2.24, 2.45) is 4.99 Å². The molecule has 7 nitrogen and oxygen atoms in total. The van der Waals surface area contributed by atoms with Gasteiger partial charge in [0.1, 0.15) is 5.82 Å². The number of nitrogens with one attached hydrogen (secondary N) is 2. The quantitative estimate of drug-likeness (QED) is 0.544. The van der Waals surface area contributed by atoms with Crippen LogP contribution >= 0.6 is 0 Å². The minimum absolute atomic E-state index is 0.358. The highest BCUT2D eigenvalue weighted by atomic mass is 32.2. The number of pyridine rings is 1. The van der Waals surface area contributed by atoms with Crippen molar-refractivity contribution in [3.05, 3.63) is 53.2 Å². The van der Waals surface area contributed by atoms with E-state index < -0.39 is 9.84 Å².